The van der Waals surface area contributed by atoms with Crippen molar-refractivity contribution in [3.63, 3.8) is 0 Å². The van der Waals surface area contributed by atoms with Crippen LogP contribution in [0, 0.1) is 0 Å². The van der Waals surface area contributed by atoms with Crippen LogP contribution >= 0.6 is 0 Å². The van der Waals surface area contributed by atoms with Crippen LogP contribution in [0.2, 0.25) is 0 Å². The van der Waals surface area contributed by atoms with Crippen molar-refractivity contribution < 1.29 is 72.5 Å². The van der Waals surface area contributed by atoms with E-state index in [4.69, 9.17) is 28.4 Å². The molecule has 2 unspecified atom stereocenters. The standard InChI is InChI=1S/C34H43N7O13.C23H25N3O8/c1-22(44)25-18-23-6-4-5-7-24(23)19-26(25)29(45)54-17-12-39-33(49)37(10-15-51-2)32(48)38(34(39)50)11-16-53-21-41-28-27(36(9-14-43)31(41)47)35(8-13-42)30(46)40(28)20-52-3;1-15(28)18-13-16-5-3-4-6-17(16)14-19(18)20(29)34-12-9-26-22(31)24(7-10-27)21(30)25(23(26)32)8-11-33-2/h4-7,18-19,27-28,42-43H,8-17,20-21H2,1-3H3;3-6,13-14,27H,7-12H2,1-2H3. The monoisotopic (exact) mass is 1230 g/mol. The second-order valence-electron chi connectivity index (χ2n) is 19.8. The van der Waals surface area contributed by atoms with Gasteiger partial charge in [0.15, 0.2) is 17.7 Å². The molecule has 2 aliphatic heterocycles. The Hall–Kier alpha value is -9.24. The van der Waals surface area contributed by atoms with Crippen molar-refractivity contribution in [1.29, 1.82) is 0 Å². The maximum atomic E-state index is 13.5. The molecule has 2 fully saturated rings. The van der Waals surface area contributed by atoms with Gasteiger partial charge in [0.25, 0.3) is 0 Å². The molecule has 4 aromatic carbocycles. The summed E-state index contributed by atoms with van der Waals surface area (Å²) in [5.74, 6) is -2.30. The number of ether oxygens (including phenoxy) is 6. The number of nitrogens with zero attached hydrogens (tertiary/aromatic N) is 10. The lowest BCUT2D eigenvalue weighted by Gasteiger charge is -2.29. The summed E-state index contributed by atoms with van der Waals surface area (Å²) in [6.45, 7) is -2.21. The Morgan fingerprint density at radius 3 is 1.02 bits per heavy atom. The van der Waals surface area contributed by atoms with Crippen LogP contribution in [0.25, 0.3) is 21.5 Å². The Morgan fingerprint density at radius 1 is 0.386 bits per heavy atom. The first-order valence-electron chi connectivity index (χ1n) is 27.6. The summed E-state index contributed by atoms with van der Waals surface area (Å²) < 4.78 is 36.2. The minimum atomic E-state index is -1.01. The second kappa shape index (κ2) is 30.4. The van der Waals surface area contributed by atoms with Gasteiger partial charge in [-0.15, -0.1) is 0 Å². The number of rotatable bonds is 29. The number of esters is 2. The van der Waals surface area contributed by atoms with Crippen LogP contribution in [0.4, 0.5) is 9.59 Å². The lowest BCUT2D eigenvalue weighted by molar-refractivity contribution is -0.0180. The summed E-state index contributed by atoms with van der Waals surface area (Å²) in [5.41, 5.74) is -5.16. The van der Waals surface area contributed by atoms with E-state index in [2.05, 4.69) is 0 Å². The zero-order valence-electron chi connectivity index (χ0n) is 49.0. The number of carbonyl (C=O) groups is 6. The SMILES string of the molecule is COCCn1c(=O)n(CCO)c(=O)n(CCOC(=O)c2cc3ccccc3cc2C(C)=O)c1=O.COCCn1c(=O)n(CCOCN2C(=O)N(CCO)C3C2N(COC)C(=O)N3CCO)c(=O)n(CCOC(=O)c2cc3ccccc3cc2C(C)=O)c1=O. The third-order valence-electron chi connectivity index (χ3n) is 14.4. The van der Waals surface area contributed by atoms with Crippen molar-refractivity contribution in [2.45, 2.75) is 65.4 Å². The maximum absolute atomic E-state index is 13.5. The lowest BCUT2D eigenvalue weighted by Crippen LogP contribution is -2.55. The van der Waals surface area contributed by atoms with Crippen LogP contribution in [-0.2, 0) is 67.7 Å². The van der Waals surface area contributed by atoms with E-state index >= 15 is 0 Å². The van der Waals surface area contributed by atoms with Gasteiger partial charge in [0.2, 0.25) is 0 Å². The van der Waals surface area contributed by atoms with Crippen molar-refractivity contribution in [3.05, 3.63) is 158 Å². The zero-order chi connectivity index (χ0) is 63.9. The number of carbonyl (C=O) groups excluding carboxylic acids is 6. The Morgan fingerprint density at radius 2 is 0.693 bits per heavy atom. The molecule has 6 aromatic rings. The molecule has 2 aliphatic rings. The van der Waals surface area contributed by atoms with Crippen LogP contribution < -0.4 is 34.1 Å². The highest BCUT2D eigenvalue weighted by Crippen LogP contribution is 2.35. The molecule has 88 heavy (non-hydrogen) atoms. The summed E-state index contributed by atoms with van der Waals surface area (Å²) in [5, 5.41) is 31.4. The van der Waals surface area contributed by atoms with Gasteiger partial charge in [0.1, 0.15) is 32.8 Å². The quantitative estimate of drug-likeness (QED) is 0.0280. The molecule has 8 rings (SSSR count). The number of aliphatic hydroxyl groups is 3. The van der Waals surface area contributed by atoms with Gasteiger partial charge in [-0.25, -0.2) is 75.3 Å². The summed E-state index contributed by atoms with van der Waals surface area (Å²) in [7, 11) is 4.14. The number of Topliss-reactive ketones (excluding diaryl/α,β-unsaturated/α-hetero) is 2. The molecule has 0 radical (unpaired) electrons. The Balaban J connectivity index is 0.000000279. The van der Waals surface area contributed by atoms with Gasteiger partial charge in [0, 0.05) is 45.5 Å². The fourth-order valence-electron chi connectivity index (χ4n) is 10.1. The molecule has 31 heteroatoms. The molecular formula is C57H68N10O21. The molecule has 2 saturated heterocycles. The first-order valence-corrected chi connectivity index (χ1v) is 27.6. The smallest absolute Gasteiger partial charge is 0.338 e. The molecular weight excluding hydrogens is 1160 g/mol. The number of fused-ring (bicyclic) bond motifs is 3. The van der Waals surface area contributed by atoms with Crippen LogP contribution in [0.15, 0.2) is 102 Å². The number of hydrogen-bond donors (Lipinski definition) is 3. The number of amides is 4. The largest absolute Gasteiger partial charge is 0.460 e. The maximum Gasteiger partial charge on any atom is 0.338 e. The highest BCUT2D eigenvalue weighted by atomic mass is 16.5. The molecule has 3 N–H and O–H groups in total. The molecule has 2 atom stereocenters. The van der Waals surface area contributed by atoms with Gasteiger partial charge in [-0.1, -0.05) is 48.5 Å². The van der Waals surface area contributed by atoms with E-state index in [1.807, 2.05) is 12.1 Å². The number of aliphatic hydroxyl groups excluding tert-OH is 3. The van der Waals surface area contributed by atoms with E-state index in [0.29, 0.717) is 5.39 Å². The van der Waals surface area contributed by atoms with Gasteiger partial charge in [0.05, 0.1) is 90.0 Å². The third kappa shape index (κ3) is 14.3. The Bertz CT molecular complexity index is 3960. The molecule has 4 amide bonds. The van der Waals surface area contributed by atoms with Gasteiger partial charge in [-0.05, 0) is 59.7 Å². The number of benzene rings is 4. The summed E-state index contributed by atoms with van der Waals surface area (Å²) >= 11 is 0. The fourth-order valence-corrected chi connectivity index (χ4v) is 10.1. The fraction of sp³-hybridized carbons (Fsp3) is 0.439. The average Bonchev–Trinajstić information content (AvgIpc) is 1.62. The van der Waals surface area contributed by atoms with E-state index in [-0.39, 0.29) is 119 Å². The van der Waals surface area contributed by atoms with Crippen molar-refractivity contribution in [2.75, 3.05) is 101 Å². The molecule has 2 aromatic heterocycles. The molecule has 0 saturated carbocycles. The number of urea groups is 2. The van der Waals surface area contributed by atoms with E-state index in [0.717, 1.165) is 43.6 Å². The molecule has 0 bridgehead atoms. The zero-order valence-corrected chi connectivity index (χ0v) is 49.0. The van der Waals surface area contributed by atoms with Crippen molar-refractivity contribution in [1.82, 2.24) is 47.0 Å². The molecule has 472 valence electrons. The molecule has 0 aliphatic carbocycles. The van der Waals surface area contributed by atoms with Gasteiger partial charge < -0.3 is 43.7 Å². The van der Waals surface area contributed by atoms with Gasteiger partial charge >= 0.3 is 58.1 Å². The molecule has 31 nitrogen and oxygen atoms in total. The van der Waals surface area contributed by atoms with E-state index in [9.17, 15) is 72.9 Å². The predicted molar refractivity (Wildman–Crippen MR) is 310 cm³/mol. The second-order valence-corrected chi connectivity index (χ2v) is 19.8. The minimum absolute atomic E-state index is 0.0175. The summed E-state index contributed by atoms with van der Waals surface area (Å²) in [6.07, 6.45) is -1.78. The first kappa shape index (κ1) is 66.3. The lowest BCUT2D eigenvalue weighted by atomic mass is 9.98. The highest BCUT2D eigenvalue weighted by molar-refractivity contribution is 6.10. The van der Waals surface area contributed by atoms with E-state index in [1.54, 1.807) is 54.6 Å². The van der Waals surface area contributed by atoms with E-state index < -0.39 is 104 Å². The van der Waals surface area contributed by atoms with Crippen molar-refractivity contribution in [2.24, 2.45) is 0 Å². The van der Waals surface area contributed by atoms with Crippen LogP contribution in [0.1, 0.15) is 55.3 Å². The van der Waals surface area contributed by atoms with Gasteiger partial charge in [-0.3, -0.25) is 29.2 Å². The molecule has 4 heterocycles. The number of methoxy groups -OCH3 is 3. The number of ketones is 2. The normalized spacial score (nSPS) is 14.6. The Kier molecular flexibility index (Phi) is 22.9. The van der Waals surface area contributed by atoms with Crippen molar-refractivity contribution >= 4 is 57.1 Å². The van der Waals surface area contributed by atoms with Crippen LogP contribution in [0.5, 0.6) is 0 Å². The van der Waals surface area contributed by atoms with Crippen LogP contribution in [-0.4, -0.2) is 211 Å². The average molecular weight is 1230 g/mol. The van der Waals surface area contributed by atoms with Crippen LogP contribution in [0.3, 0.4) is 0 Å². The number of aromatic nitrogens is 6. The highest BCUT2D eigenvalue weighted by Gasteiger charge is 2.59. The molecule has 0 spiro atoms. The van der Waals surface area contributed by atoms with Gasteiger partial charge in [-0.2, -0.15) is 0 Å². The number of β-amino-alcohol motifs (C(OH)–C–C–N with tert-alkyl or cyclic N) is 2. The van der Waals surface area contributed by atoms with E-state index in [1.165, 1.54) is 60.8 Å². The summed E-state index contributed by atoms with van der Waals surface area (Å²) in [4.78, 5) is 160. The predicted octanol–water partition coefficient (Wildman–Crippen LogP) is -1.26. The first-order chi connectivity index (χ1) is 42.3. The van der Waals surface area contributed by atoms with Crippen molar-refractivity contribution in [3.8, 4) is 0 Å². The minimum Gasteiger partial charge on any atom is -0.460 e. The summed E-state index contributed by atoms with van der Waals surface area (Å²) in [6, 6.07) is 19.6. The number of hydrogen-bond acceptors (Lipinski definition) is 21. The Labute approximate surface area is 499 Å². The topological polar surface area (TPSA) is 363 Å². The third-order valence-corrected chi connectivity index (χ3v) is 14.4.